The molecule has 3 nitrogen and oxygen atoms in total. The fourth-order valence-corrected chi connectivity index (χ4v) is 3.42. The molecule has 0 bridgehead atoms. The Bertz CT molecular complexity index is 703. The molecule has 5 heteroatoms. The summed E-state index contributed by atoms with van der Waals surface area (Å²) in [5, 5.41) is 3.91. The van der Waals surface area contributed by atoms with Crippen molar-refractivity contribution >= 4 is 40.1 Å². The number of benzene rings is 2. The number of rotatable bonds is 6. The van der Waals surface area contributed by atoms with Crippen molar-refractivity contribution in [1.82, 2.24) is 10.2 Å². The molecule has 0 aromatic heterocycles. The van der Waals surface area contributed by atoms with Gasteiger partial charge in [0, 0.05) is 17.1 Å². The van der Waals surface area contributed by atoms with Crippen LogP contribution in [0.3, 0.4) is 0 Å². The minimum absolute atomic E-state index is 0.0591. The molecule has 0 aliphatic rings. The smallest absolute Gasteiger partial charge is 0.252 e. The summed E-state index contributed by atoms with van der Waals surface area (Å²) in [6, 6.07) is 15.3. The predicted octanol–water partition coefficient (Wildman–Crippen LogP) is 4.62. The van der Waals surface area contributed by atoms with Crippen LogP contribution >= 0.6 is 34.2 Å². The van der Waals surface area contributed by atoms with Gasteiger partial charge in [0.15, 0.2) is 0 Å². The molecule has 0 saturated heterocycles. The highest BCUT2D eigenvalue weighted by Crippen LogP contribution is 2.34. The van der Waals surface area contributed by atoms with Gasteiger partial charge in [-0.05, 0) is 79.4 Å². The molecule has 128 valence electrons. The van der Waals surface area contributed by atoms with E-state index in [2.05, 4.69) is 32.8 Å². The van der Waals surface area contributed by atoms with Gasteiger partial charge >= 0.3 is 0 Å². The van der Waals surface area contributed by atoms with Crippen LogP contribution in [-0.4, -0.2) is 31.4 Å². The van der Waals surface area contributed by atoms with Crippen molar-refractivity contribution in [3.63, 3.8) is 0 Å². The van der Waals surface area contributed by atoms with Crippen LogP contribution in [-0.2, 0) is 3.55 Å². The third-order valence-corrected chi connectivity index (χ3v) is 5.59. The first-order valence-corrected chi connectivity index (χ1v) is 9.25. The Morgan fingerprint density at radius 2 is 1.79 bits per heavy atom. The normalized spacial score (nSPS) is 13.6. The molecule has 0 saturated carbocycles. The van der Waals surface area contributed by atoms with E-state index in [4.69, 9.17) is 11.6 Å². The molecule has 0 spiro atoms. The monoisotopic (exact) mass is 456 g/mol. The minimum atomic E-state index is -0.494. The second-order valence-electron chi connectivity index (χ2n) is 6.13. The maximum atomic E-state index is 12.8. The average Bonchev–Trinajstić information content (AvgIpc) is 2.54. The van der Waals surface area contributed by atoms with E-state index in [1.807, 2.05) is 69.6 Å². The lowest BCUT2D eigenvalue weighted by atomic mass is 10.0. The molecule has 24 heavy (non-hydrogen) atoms. The van der Waals surface area contributed by atoms with E-state index in [-0.39, 0.29) is 5.91 Å². The third kappa shape index (κ3) is 4.94. The Balaban J connectivity index is 2.30. The van der Waals surface area contributed by atoms with Crippen molar-refractivity contribution in [3.05, 3.63) is 70.2 Å². The quantitative estimate of drug-likeness (QED) is 0.391. The Kier molecular flexibility index (Phi) is 6.66. The van der Waals surface area contributed by atoms with Gasteiger partial charge in [-0.2, -0.15) is 0 Å². The Morgan fingerprint density at radius 3 is 2.38 bits per heavy atom. The van der Waals surface area contributed by atoms with Gasteiger partial charge in [0.2, 0.25) is 0 Å². The topological polar surface area (TPSA) is 32.3 Å². The maximum Gasteiger partial charge on any atom is 0.252 e. The Labute approximate surface area is 162 Å². The number of alkyl halides is 1. The zero-order valence-electron chi connectivity index (χ0n) is 14.1. The number of aryl methyl sites for hydroxylation is 1. The molecule has 0 aliphatic carbocycles. The standard InChI is InChI=1S/C19H22ClIN2O/c1-14-6-4-5-7-17(14)18(24)22-19(21,12-13-23(2)3)15-8-10-16(20)11-9-15/h4-11H,12-13H2,1-3H3,(H,22,24). The molecule has 2 rings (SSSR count). The van der Waals surface area contributed by atoms with Crippen LogP contribution in [0.1, 0.15) is 27.9 Å². The van der Waals surface area contributed by atoms with Crippen molar-refractivity contribution in [2.24, 2.45) is 0 Å². The molecule has 0 radical (unpaired) electrons. The summed E-state index contributed by atoms with van der Waals surface area (Å²) < 4.78 is -0.494. The number of nitrogens with one attached hydrogen (secondary N) is 1. The fraction of sp³-hybridized carbons (Fsp3) is 0.316. The number of halogens is 2. The first-order chi connectivity index (χ1) is 11.3. The van der Waals surface area contributed by atoms with E-state index in [9.17, 15) is 4.79 Å². The zero-order valence-corrected chi connectivity index (χ0v) is 17.1. The van der Waals surface area contributed by atoms with Crippen molar-refractivity contribution in [2.75, 3.05) is 20.6 Å². The molecule has 0 aliphatic heterocycles. The summed E-state index contributed by atoms with van der Waals surface area (Å²) in [6.45, 7) is 2.81. The van der Waals surface area contributed by atoms with Gasteiger partial charge in [0.1, 0.15) is 3.55 Å². The lowest BCUT2D eigenvalue weighted by molar-refractivity contribution is 0.0927. The van der Waals surface area contributed by atoms with Crippen LogP contribution in [0.4, 0.5) is 0 Å². The van der Waals surface area contributed by atoms with Gasteiger partial charge in [-0.25, -0.2) is 0 Å². The van der Waals surface area contributed by atoms with Crippen LogP contribution in [0.2, 0.25) is 5.02 Å². The van der Waals surface area contributed by atoms with Crippen LogP contribution in [0.25, 0.3) is 0 Å². The maximum absolute atomic E-state index is 12.8. The van der Waals surface area contributed by atoms with Gasteiger partial charge in [-0.15, -0.1) is 0 Å². The van der Waals surface area contributed by atoms with Crippen molar-refractivity contribution in [2.45, 2.75) is 16.9 Å². The molecular weight excluding hydrogens is 435 g/mol. The number of amides is 1. The molecule has 0 fully saturated rings. The Morgan fingerprint density at radius 1 is 1.17 bits per heavy atom. The van der Waals surface area contributed by atoms with Gasteiger partial charge in [-0.3, -0.25) is 4.79 Å². The van der Waals surface area contributed by atoms with Gasteiger partial charge in [0.05, 0.1) is 0 Å². The van der Waals surface area contributed by atoms with Crippen molar-refractivity contribution in [3.8, 4) is 0 Å². The highest BCUT2D eigenvalue weighted by molar-refractivity contribution is 14.1. The van der Waals surface area contributed by atoms with E-state index >= 15 is 0 Å². The second kappa shape index (κ2) is 8.32. The van der Waals surface area contributed by atoms with Crippen molar-refractivity contribution in [1.29, 1.82) is 0 Å². The lowest BCUT2D eigenvalue weighted by Crippen LogP contribution is -2.43. The lowest BCUT2D eigenvalue weighted by Gasteiger charge is -2.31. The summed E-state index contributed by atoms with van der Waals surface area (Å²) in [5.74, 6) is -0.0591. The highest BCUT2D eigenvalue weighted by Gasteiger charge is 2.31. The minimum Gasteiger partial charge on any atom is -0.334 e. The first-order valence-electron chi connectivity index (χ1n) is 7.80. The number of hydrogen-bond acceptors (Lipinski definition) is 2. The zero-order chi connectivity index (χ0) is 17.7. The van der Waals surface area contributed by atoms with E-state index in [0.717, 1.165) is 24.1 Å². The molecule has 2 aromatic carbocycles. The van der Waals surface area contributed by atoms with E-state index in [0.29, 0.717) is 10.6 Å². The number of hydrogen-bond donors (Lipinski definition) is 1. The van der Waals surface area contributed by atoms with Crippen LogP contribution in [0.15, 0.2) is 48.5 Å². The summed E-state index contributed by atoms with van der Waals surface area (Å²) in [6.07, 6.45) is 0.791. The molecule has 1 atom stereocenters. The van der Waals surface area contributed by atoms with Gasteiger partial charge < -0.3 is 10.2 Å². The third-order valence-electron chi connectivity index (χ3n) is 3.91. The molecule has 1 N–H and O–H groups in total. The van der Waals surface area contributed by atoms with Gasteiger partial charge in [-0.1, -0.05) is 41.9 Å². The highest BCUT2D eigenvalue weighted by atomic mass is 127. The van der Waals surface area contributed by atoms with Crippen LogP contribution in [0, 0.1) is 6.92 Å². The van der Waals surface area contributed by atoms with Crippen LogP contribution < -0.4 is 5.32 Å². The number of carbonyl (C=O) groups is 1. The van der Waals surface area contributed by atoms with Crippen molar-refractivity contribution < 1.29 is 4.79 Å². The molecule has 2 aromatic rings. The summed E-state index contributed by atoms with van der Waals surface area (Å²) in [7, 11) is 4.06. The molecule has 1 amide bonds. The first kappa shape index (κ1) is 19.2. The van der Waals surface area contributed by atoms with E-state index < -0.39 is 3.55 Å². The van der Waals surface area contributed by atoms with Crippen LogP contribution in [0.5, 0.6) is 0 Å². The van der Waals surface area contributed by atoms with Gasteiger partial charge in [0.25, 0.3) is 5.91 Å². The fourth-order valence-electron chi connectivity index (χ4n) is 2.45. The summed E-state index contributed by atoms with van der Waals surface area (Å²) in [4.78, 5) is 14.9. The number of carbonyl (C=O) groups excluding carboxylic acids is 1. The molecular formula is C19H22ClIN2O. The SMILES string of the molecule is Cc1ccccc1C(=O)NC(I)(CCN(C)C)c1ccc(Cl)cc1. The summed E-state index contributed by atoms with van der Waals surface area (Å²) in [5.41, 5.74) is 2.71. The largest absolute Gasteiger partial charge is 0.334 e. The molecule has 1 unspecified atom stereocenters. The predicted molar refractivity (Wildman–Crippen MR) is 109 cm³/mol. The Hall–Kier alpha value is -1.11. The van der Waals surface area contributed by atoms with E-state index in [1.165, 1.54) is 0 Å². The van der Waals surface area contributed by atoms with E-state index in [1.54, 1.807) is 0 Å². The number of nitrogens with zero attached hydrogens (tertiary/aromatic N) is 1. The summed E-state index contributed by atoms with van der Waals surface area (Å²) >= 11 is 8.35. The second-order valence-corrected chi connectivity index (χ2v) is 8.41. The average molecular weight is 457 g/mol. The molecule has 0 heterocycles.